The van der Waals surface area contributed by atoms with Crippen molar-refractivity contribution in [2.24, 2.45) is 5.41 Å². The van der Waals surface area contributed by atoms with Gasteiger partial charge >= 0.3 is 0 Å². The monoisotopic (exact) mass is 335 g/mol. The minimum absolute atomic E-state index is 0.0136. The van der Waals surface area contributed by atoms with Crippen molar-refractivity contribution in [3.63, 3.8) is 0 Å². The predicted octanol–water partition coefficient (Wildman–Crippen LogP) is 0.172. The van der Waals surface area contributed by atoms with Crippen LogP contribution in [0.25, 0.3) is 0 Å². The molecule has 2 saturated carbocycles. The summed E-state index contributed by atoms with van der Waals surface area (Å²) in [6.07, 6.45) is 5.99. The number of allylic oxidation sites excluding steroid dienone is 1. The Balaban J connectivity index is 1.39. The van der Waals surface area contributed by atoms with Gasteiger partial charge in [-0.25, -0.2) is 0 Å². The second-order valence-corrected chi connectivity index (χ2v) is 7.47. The summed E-state index contributed by atoms with van der Waals surface area (Å²) in [6, 6.07) is 0. The highest BCUT2D eigenvalue weighted by Crippen LogP contribution is 2.50. The van der Waals surface area contributed by atoms with Crippen molar-refractivity contribution in [2.75, 3.05) is 52.4 Å². The molecule has 2 aliphatic carbocycles. The van der Waals surface area contributed by atoms with Gasteiger partial charge in [-0.15, -0.1) is 0 Å². The number of hydrogen-bond acceptors (Lipinski definition) is 6. The molecular formula is C18H29N3O3. The molecule has 0 aromatic rings. The topological polar surface area (TPSA) is 72.9 Å². The summed E-state index contributed by atoms with van der Waals surface area (Å²) < 4.78 is 0. The van der Waals surface area contributed by atoms with Gasteiger partial charge in [0.2, 0.25) is 0 Å². The lowest BCUT2D eigenvalue weighted by atomic mass is 9.59. The van der Waals surface area contributed by atoms with Crippen LogP contribution in [0.15, 0.2) is 11.8 Å². The van der Waals surface area contributed by atoms with Crippen LogP contribution in [0.3, 0.4) is 0 Å². The minimum Gasteiger partial charge on any atom is -0.395 e. The van der Waals surface area contributed by atoms with Crippen LogP contribution in [0.1, 0.15) is 32.1 Å². The Kier molecular flexibility index (Phi) is 5.69. The first kappa shape index (κ1) is 17.6. The molecular weight excluding hydrogens is 306 g/mol. The van der Waals surface area contributed by atoms with Gasteiger partial charge in [-0.05, 0) is 18.3 Å². The number of carbonyl (C=O) groups is 2. The lowest BCUT2D eigenvalue weighted by Crippen LogP contribution is -2.48. The molecule has 6 heteroatoms. The van der Waals surface area contributed by atoms with Crippen LogP contribution in [0.2, 0.25) is 0 Å². The van der Waals surface area contributed by atoms with Crippen molar-refractivity contribution < 1.29 is 14.7 Å². The molecule has 0 amide bonds. The lowest BCUT2D eigenvalue weighted by Gasteiger charge is -2.43. The first-order valence-corrected chi connectivity index (χ1v) is 9.17. The van der Waals surface area contributed by atoms with Gasteiger partial charge in [-0.3, -0.25) is 19.4 Å². The second kappa shape index (κ2) is 7.76. The fourth-order valence-electron chi connectivity index (χ4n) is 4.06. The summed E-state index contributed by atoms with van der Waals surface area (Å²) in [5.74, 6) is 0.0483. The predicted molar refractivity (Wildman–Crippen MR) is 91.6 cm³/mol. The number of aliphatic hydroxyl groups excluding tert-OH is 1. The van der Waals surface area contributed by atoms with Crippen molar-refractivity contribution in [1.82, 2.24) is 15.1 Å². The maximum absolute atomic E-state index is 12.2. The van der Waals surface area contributed by atoms with E-state index in [1.165, 1.54) is 0 Å². The van der Waals surface area contributed by atoms with Gasteiger partial charge in [-0.2, -0.15) is 0 Å². The molecule has 2 N–H and O–H groups in total. The normalized spacial score (nSPS) is 25.0. The summed E-state index contributed by atoms with van der Waals surface area (Å²) in [5.41, 5.74) is 0.389. The van der Waals surface area contributed by atoms with Gasteiger partial charge in [0.25, 0.3) is 0 Å². The maximum atomic E-state index is 12.2. The van der Waals surface area contributed by atoms with E-state index in [4.69, 9.17) is 5.11 Å². The molecule has 1 heterocycles. The zero-order valence-corrected chi connectivity index (χ0v) is 14.4. The average molecular weight is 335 g/mol. The van der Waals surface area contributed by atoms with Gasteiger partial charge in [-0.1, -0.05) is 6.42 Å². The third-order valence-electron chi connectivity index (χ3n) is 5.79. The van der Waals surface area contributed by atoms with Crippen molar-refractivity contribution in [3.05, 3.63) is 11.8 Å². The Morgan fingerprint density at radius 3 is 2.08 bits per heavy atom. The van der Waals surface area contributed by atoms with E-state index < -0.39 is 0 Å². The quantitative estimate of drug-likeness (QED) is 0.410. The number of hydrogen-bond donors (Lipinski definition) is 2. The number of ketones is 2. The molecule has 0 aromatic heterocycles. The summed E-state index contributed by atoms with van der Waals surface area (Å²) in [7, 11) is 0. The fraction of sp³-hybridized carbons (Fsp3) is 0.778. The highest BCUT2D eigenvalue weighted by Gasteiger charge is 2.45. The summed E-state index contributed by atoms with van der Waals surface area (Å²) >= 11 is 0. The van der Waals surface area contributed by atoms with Crippen molar-refractivity contribution >= 4 is 11.6 Å². The molecule has 134 valence electrons. The van der Waals surface area contributed by atoms with Crippen LogP contribution in [0, 0.1) is 5.41 Å². The molecule has 3 rings (SSSR count). The van der Waals surface area contributed by atoms with Crippen molar-refractivity contribution in [1.29, 1.82) is 0 Å². The summed E-state index contributed by atoms with van der Waals surface area (Å²) in [6.45, 7) is 6.60. The van der Waals surface area contributed by atoms with E-state index in [1.807, 2.05) is 0 Å². The molecule has 0 bridgehead atoms. The Morgan fingerprint density at radius 1 is 1.00 bits per heavy atom. The van der Waals surface area contributed by atoms with Crippen molar-refractivity contribution in [3.8, 4) is 0 Å². The molecule has 0 radical (unpaired) electrons. The molecule has 1 aliphatic heterocycles. The minimum atomic E-state index is 0.0136. The van der Waals surface area contributed by atoms with E-state index in [1.54, 1.807) is 6.20 Å². The number of nitrogens with zero attached hydrogens (tertiary/aromatic N) is 2. The summed E-state index contributed by atoms with van der Waals surface area (Å²) in [5, 5.41) is 12.1. The van der Waals surface area contributed by atoms with Crippen LogP contribution >= 0.6 is 0 Å². The van der Waals surface area contributed by atoms with E-state index in [0.29, 0.717) is 18.4 Å². The second-order valence-electron chi connectivity index (χ2n) is 7.47. The van der Waals surface area contributed by atoms with Crippen LogP contribution in [-0.4, -0.2) is 78.9 Å². The molecule has 0 aromatic carbocycles. The van der Waals surface area contributed by atoms with Gasteiger partial charge in [0.1, 0.15) is 0 Å². The van der Waals surface area contributed by atoms with E-state index in [-0.39, 0.29) is 23.6 Å². The average Bonchev–Trinajstić information content (AvgIpc) is 2.53. The molecule has 24 heavy (non-hydrogen) atoms. The van der Waals surface area contributed by atoms with Crippen LogP contribution < -0.4 is 5.32 Å². The fourth-order valence-corrected chi connectivity index (χ4v) is 4.06. The van der Waals surface area contributed by atoms with E-state index >= 15 is 0 Å². The number of β-amino-alcohol motifs (C(OH)–C–C–N with tert-alkyl or cyclic N) is 1. The van der Waals surface area contributed by atoms with Gasteiger partial charge in [0.05, 0.1) is 12.2 Å². The van der Waals surface area contributed by atoms with Gasteiger partial charge < -0.3 is 10.4 Å². The molecule has 1 saturated heterocycles. The van der Waals surface area contributed by atoms with E-state index in [2.05, 4.69) is 15.1 Å². The molecule has 0 unspecified atom stereocenters. The zero-order chi connectivity index (χ0) is 17.0. The first-order valence-electron chi connectivity index (χ1n) is 9.17. The highest BCUT2D eigenvalue weighted by atomic mass is 16.3. The van der Waals surface area contributed by atoms with Crippen LogP contribution in [0.5, 0.6) is 0 Å². The molecule has 1 spiro atoms. The SMILES string of the molecule is O=C1CC2(CCC2)CC(=O)C1=CNCCN1CCN(CCO)CC1. The first-order chi connectivity index (χ1) is 11.6. The molecule has 0 atom stereocenters. The smallest absolute Gasteiger partial charge is 0.168 e. The van der Waals surface area contributed by atoms with Gasteiger partial charge in [0.15, 0.2) is 11.6 Å². The van der Waals surface area contributed by atoms with Crippen molar-refractivity contribution in [2.45, 2.75) is 32.1 Å². The Hall–Kier alpha value is -1.24. The molecule has 3 aliphatic rings. The zero-order valence-electron chi connectivity index (χ0n) is 14.4. The number of piperazine rings is 1. The Labute approximate surface area is 143 Å². The number of rotatable bonds is 6. The summed E-state index contributed by atoms with van der Waals surface area (Å²) in [4.78, 5) is 29.1. The van der Waals surface area contributed by atoms with E-state index in [0.717, 1.165) is 65.1 Å². The number of carbonyl (C=O) groups excluding carboxylic acids is 2. The van der Waals surface area contributed by atoms with E-state index in [9.17, 15) is 9.59 Å². The highest BCUT2D eigenvalue weighted by molar-refractivity contribution is 6.22. The standard InChI is InChI=1S/C18H29N3O3/c22-11-10-21-8-6-20(7-9-21)5-4-19-14-15-16(23)12-18(2-1-3-18)13-17(15)24/h14,19,22H,1-13H2. The lowest BCUT2D eigenvalue weighted by molar-refractivity contribution is -0.130. The van der Waals surface area contributed by atoms with Crippen LogP contribution in [-0.2, 0) is 9.59 Å². The third kappa shape index (κ3) is 4.05. The largest absolute Gasteiger partial charge is 0.395 e. The Morgan fingerprint density at radius 2 is 1.58 bits per heavy atom. The Bertz CT molecular complexity index is 484. The third-order valence-corrected chi connectivity index (χ3v) is 5.79. The number of Topliss-reactive ketones (excluding diaryl/α,β-unsaturated/α-hetero) is 2. The maximum Gasteiger partial charge on any atom is 0.168 e. The van der Waals surface area contributed by atoms with Crippen LogP contribution in [0.4, 0.5) is 0 Å². The molecule has 6 nitrogen and oxygen atoms in total. The van der Waals surface area contributed by atoms with Gasteiger partial charge in [0, 0.05) is 64.9 Å². The number of aliphatic hydroxyl groups is 1. The molecule has 3 fully saturated rings. The number of nitrogens with one attached hydrogen (secondary N) is 1.